The molecule has 0 aromatic carbocycles. The van der Waals surface area contributed by atoms with Gasteiger partial charge in [-0.15, -0.1) is 11.3 Å². The molecular formula is C15H22N2O3S. The van der Waals surface area contributed by atoms with E-state index in [2.05, 4.69) is 5.32 Å². The van der Waals surface area contributed by atoms with Crippen molar-refractivity contribution in [2.75, 3.05) is 19.0 Å². The quantitative estimate of drug-likeness (QED) is 0.599. The molecule has 5 nitrogen and oxygen atoms in total. The summed E-state index contributed by atoms with van der Waals surface area (Å²) in [6, 6.07) is 0. The molecule has 1 aromatic heterocycles. The monoisotopic (exact) mass is 310 g/mol. The first kappa shape index (κ1) is 16.0. The van der Waals surface area contributed by atoms with E-state index in [1.807, 2.05) is 0 Å². The molecule has 1 aliphatic carbocycles. The summed E-state index contributed by atoms with van der Waals surface area (Å²) >= 11 is 1.51. The van der Waals surface area contributed by atoms with Crippen molar-refractivity contribution in [2.45, 2.75) is 44.9 Å². The molecule has 0 unspecified atom stereocenters. The summed E-state index contributed by atoms with van der Waals surface area (Å²) in [5.74, 6) is -0.398. The summed E-state index contributed by atoms with van der Waals surface area (Å²) in [6.07, 6.45) is 6.12. The number of rotatable bonds is 7. The largest absolute Gasteiger partial charge is 0.465 e. The van der Waals surface area contributed by atoms with E-state index in [0.29, 0.717) is 23.5 Å². The van der Waals surface area contributed by atoms with Gasteiger partial charge in [-0.25, -0.2) is 4.79 Å². The summed E-state index contributed by atoms with van der Waals surface area (Å²) in [4.78, 5) is 25.1. The number of nitrogens with two attached hydrogens (primary N) is 1. The molecule has 1 heterocycles. The Bertz CT molecular complexity index is 525. The highest BCUT2D eigenvalue weighted by Gasteiger charge is 2.27. The number of thiophene rings is 1. The van der Waals surface area contributed by atoms with Gasteiger partial charge in [-0.3, -0.25) is 4.79 Å². The molecule has 0 atom stereocenters. The lowest BCUT2D eigenvalue weighted by molar-refractivity contribution is -0.116. The van der Waals surface area contributed by atoms with Gasteiger partial charge >= 0.3 is 5.97 Å². The van der Waals surface area contributed by atoms with E-state index in [4.69, 9.17) is 10.5 Å². The minimum Gasteiger partial charge on any atom is -0.465 e. The molecule has 0 saturated heterocycles. The van der Waals surface area contributed by atoms with Gasteiger partial charge in [0, 0.05) is 11.3 Å². The molecule has 1 aliphatic rings. The second-order valence-electron chi connectivity index (χ2n) is 5.20. The number of ether oxygens (including phenoxy) is 1. The Morgan fingerprint density at radius 1 is 1.29 bits per heavy atom. The Balaban J connectivity index is 2.03. The first-order valence-corrected chi connectivity index (χ1v) is 8.21. The third-order valence-electron chi connectivity index (χ3n) is 3.67. The van der Waals surface area contributed by atoms with E-state index in [1.54, 1.807) is 0 Å². The normalized spacial score (nSPS) is 13.0. The van der Waals surface area contributed by atoms with Gasteiger partial charge in [0.2, 0.25) is 5.91 Å². The third kappa shape index (κ3) is 3.83. The maximum Gasteiger partial charge on any atom is 0.341 e. The van der Waals surface area contributed by atoms with Gasteiger partial charge in [0.25, 0.3) is 0 Å². The zero-order valence-electron chi connectivity index (χ0n) is 12.4. The van der Waals surface area contributed by atoms with Gasteiger partial charge in [0.1, 0.15) is 5.00 Å². The molecule has 0 bridgehead atoms. The predicted molar refractivity (Wildman–Crippen MR) is 83.8 cm³/mol. The highest BCUT2D eigenvalue weighted by atomic mass is 32.1. The lowest BCUT2D eigenvalue weighted by Gasteiger charge is -2.07. The zero-order valence-corrected chi connectivity index (χ0v) is 13.2. The van der Waals surface area contributed by atoms with Crippen LogP contribution in [0.15, 0.2) is 0 Å². The molecule has 1 amide bonds. The smallest absolute Gasteiger partial charge is 0.341 e. The fraction of sp³-hybridized carbons (Fsp3) is 0.600. The maximum absolute atomic E-state index is 12.0. The Kier molecular flexibility index (Phi) is 5.76. The van der Waals surface area contributed by atoms with Crippen LogP contribution in [-0.2, 0) is 22.4 Å². The molecule has 3 N–H and O–H groups in total. The number of fused-ring (bicyclic) bond motifs is 1. The van der Waals surface area contributed by atoms with E-state index in [0.717, 1.165) is 44.1 Å². The van der Waals surface area contributed by atoms with E-state index in [-0.39, 0.29) is 11.9 Å². The first-order valence-electron chi connectivity index (χ1n) is 7.40. The summed E-state index contributed by atoms with van der Waals surface area (Å²) in [5, 5.41) is 3.53. The van der Waals surface area contributed by atoms with Crippen molar-refractivity contribution in [1.29, 1.82) is 0 Å². The molecule has 0 radical (unpaired) electrons. The number of hydrogen-bond donors (Lipinski definition) is 2. The van der Waals surface area contributed by atoms with Crippen molar-refractivity contribution in [3.05, 3.63) is 16.0 Å². The van der Waals surface area contributed by atoms with Crippen molar-refractivity contribution in [3.8, 4) is 0 Å². The van der Waals surface area contributed by atoms with Crippen molar-refractivity contribution in [2.24, 2.45) is 5.73 Å². The van der Waals surface area contributed by atoms with Crippen molar-refractivity contribution < 1.29 is 14.3 Å². The van der Waals surface area contributed by atoms with Crippen molar-refractivity contribution in [1.82, 2.24) is 0 Å². The second kappa shape index (κ2) is 7.56. The summed E-state index contributed by atoms with van der Waals surface area (Å²) in [5.41, 5.74) is 7.05. The number of aryl methyl sites for hydroxylation is 1. The van der Waals surface area contributed by atoms with Crippen molar-refractivity contribution >= 4 is 28.2 Å². The Labute approximate surface area is 128 Å². The fourth-order valence-electron chi connectivity index (χ4n) is 2.61. The van der Waals surface area contributed by atoms with E-state index < -0.39 is 0 Å². The summed E-state index contributed by atoms with van der Waals surface area (Å²) in [7, 11) is 1.37. The number of methoxy groups -OCH3 is 1. The minimum atomic E-state index is -0.354. The first-order chi connectivity index (χ1) is 10.2. The lowest BCUT2D eigenvalue weighted by atomic mass is 10.1. The maximum atomic E-state index is 12.0. The van der Waals surface area contributed by atoms with Gasteiger partial charge in [0.15, 0.2) is 0 Å². The van der Waals surface area contributed by atoms with Crippen LogP contribution in [0, 0.1) is 0 Å². The van der Waals surface area contributed by atoms with E-state index >= 15 is 0 Å². The fourth-order valence-corrected chi connectivity index (χ4v) is 3.90. The minimum absolute atomic E-state index is 0.0444. The van der Waals surface area contributed by atoms with Crippen LogP contribution in [0.3, 0.4) is 0 Å². The third-order valence-corrected chi connectivity index (χ3v) is 4.88. The average Bonchev–Trinajstić information content (AvgIpc) is 3.03. The molecule has 0 saturated carbocycles. The molecule has 0 aliphatic heterocycles. The Morgan fingerprint density at radius 3 is 2.81 bits per heavy atom. The second-order valence-corrected chi connectivity index (χ2v) is 6.31. The standard InChI is InChI=1S/C15H22N2O3S/c1-20-15(19)13-10-6-5-7-11(10)21-14(13)17-12(18)8-3-2-4-9-16/h2-9,16H2,1H3,(H,17,18). The molecule has 116 valence electrons. The number of anilines is 1. The summed E-state index contributed by atoms with van der Waals surface area (Å²) < 4.78 is 4.86. The zero-order chi connectivity index (χ0) is 15.2. The van der Waals surface area contributed by atoms with Crippen LogP contribution in [-0.4, -0.2) is 25.5 Å². The number of carbonyl (C=O) groups is 2. The van der Waals surface area contributed by atoms with E-state index in [9.17, 15) is 9.59 Å². The van der Waals surface area contributed by atoms with Crippen LogP contribution in [0.25, 0.3) is 0 Å². The van der Waals surface area contributed by atoms with Gasteiger partial charge in [-0.1, -0.05) is 6.42 Å². The van der Waals surface area contributed by atoms with Gasteiger partial charge in [-0.05, 0) is 44.2 Å². The molecule has 0 fully saturated rings. The molecule has 2 rings (SSSR count). The van der Waals surface area contributed by atoms with Gasteiger partial charge in [-0.2, -0.15) is 0 Å². The number of carbonyl (C=O) groups excluding carboxylic acids is 2. The van der Waals surface area contributed by atoms with Gasteiger partial charge < -0.3 is 15.8 Å². The van der Waals surface area contributed by atoms with Crippen LogP contribution < -0.4 is 11.1 Å². The van der Waals surface area contributed by atoms with Crippen LogP contribution in [0.5, 0.6) is 0 Å². The lowest BCUT2D eigenvalue weighted by Crippen LogP contribution is -2.14. The number of hydrogen-bond acceptors (Lipinski definition) is 5. The number of esters is 1. The van der Waals surface area contributed by atoms with Crippen LogP contribution in [0.1, 0.15) is 52.9 Å². The molecule has 0 spiro atoms. The van der Waals surface area contributed by atoms with Crippen molar-refractivity contribution in [3.63, 3.8) is 0 Å². The molecule has 6 heteroatoms. The highest BCUT2D eigenvalue weighted by Crippen LogP contribution is 2.39. The van der Waals surface area contributed by atoms with E-state index in [1.165, 1.54) is 23.3 Å². The summed E-state index contributed by atoms with van der Waals surface area (Å²) in [6.45, 7) is 0.658. The highest BCUT2D eigenvalue weighted by molar-refractivity contribution is 7.17. The van der Waals surface area contributed by atoms with Crippen LogP contribution >= 0.6 is 11.3 Å². The van der Waals surface area contributed by atoms with Crippen LogP contribution in [0.2, 0.25) is 0 Å². The van der Waals surface area contributed by atoms with Gasteiger partial charge in [0.05, 0.1) is 12.7 Å². The predicted octanol–water partition coefficient (Wildman–Crippen LogP) is 2.48. The Hall–Kier alpha value is -1.40. The molecule has 1 aromatic rings. The SMILES string of the molecule is COC(=O)c1c(NC(=O)CCCCCN)sc2c1CCC2. The molecular weight excluding hydrogens is 288 g/mol. The number of amides is 1. The topological polar surface area (TPSA) is 81.4 Å². The molecule has 21 heavy (non-hydrogen) atoms. The number of unbranched alkanes of at least 4 members (excludes halogenated alkanes) is 2. The average molecular weight is 310 g/mol. The Morgan fingerprint density at radius 2 is 2.10 bits per heavy atom. The number of nitrogens with one attached hydrogen (secondary N) is 1. The van der Waals surface area contributed by atoms with Crippen LogP contribution in [0.4, 0.5) is 5.00 Å².